The topological polar surface area (TPSA) is 72.3 Å². The highest BCUT2D eigenvalue weighted by Gasteiger charge is 2.19. The summed E-state index contributed by atoms with van der Waals surface area (Å²) in [6.45, 7) is 3.43. The lowest BCUT2D eigenvalue weighted by molar-refractivity contribution is 0.0951. The van der Waals surface area contributed by atoms with E-state index in [-0.39, 0.29) is 5.91 Å². The minimum Gasteiger partial charge on any atom is -0.496 e. The molecule has 1 amide bonds. The van der Waals surface area contributed by atoms with Crippen molar-refractivity contribution in [3.8, 4) is 34.2 Å². The smallest absolute Gasteiger partial charge is 0.251 e. The van der Waals surface area contributed by atoms with Crippen molar-refractivity contribution in [2.45, 2.75) is 6.92 Å². The lowest BCUT2D eigenvalue weighted by Gasteiger charge is -2.11. The SMILES string of the molecule is COc1ccccc1-c1nc(-c2ccccc2C)n(-c2ccc(C(=O)NCCN(C)C)cc2)n1. The molecule has 34 heavy (non-hydrogen) atoms. The highest BCUT2D eigenvalue weighted by atomic mass is 16.5. The van der Waals surface area contributed by atoms with Crippen molar-refractivity contribution >= 4 is 5.91 Å². The van der Waals surface area contributed by atoms with Crippen LogP contribution in [0.3, 0.4) is 0 Å². The highest BCUT2D eigenvalue weighted by Crippen LogP contribution is 2.31. The average Bonchev–Trinajstić information content (AvgIpc) is 3.29. The number of rotatable bonds is 8. The average molecular weight is 456 g/mol. The van der Waals surface area contributed by atoms with E-state index in [2.05, 4.69) is 18.3 Å². The fourth-order valence-corrected chi connectivity index (χ4v) is 3.68. The zero-order valence-electron chi connectivity index (χ0n) is 19.9. The van der Waals surface area contributed by atoms with E-state index in [1.807, 2.05) is 90.4 Å². The Morgan fingerprint density at radius 2 is 1.65 bits per heavy atom. The Morgan fingerprint density at radius 1 is 0.971 bits per heavy atom. The van der Waals surface area contributed by atoms with Crippen LogP contribution in [0.2, 0.25) is 0 Å². The maximum atomic E-state index is 12.5. The van der Waals surface area contributed by atoms with Gasteiger partial charge in [-0.2, -0.15) is 0 Å². The Morgan fingerprint density at radius 3 is 2.32 bits per heavy atom. The lowest BCUT2D eigenvalue weighted by atomic mass is 10.1. The number of nitrogens with one attached hydrogen (secondary N) is 1. The summed E-state index contributed by atoms with van der Waals surface area (Å²) >= 11 is 0. The number of hydrogen-bond acceptors (Lipinski definition) is 5. The van der Waals surface area contributed by atoms with E-state index in [0.29, 0.717) is 23.7 Å². The van der Waals surface area contributed by atoms with Crippen LogP contribution in [0.1, 0.15) is 15.9 Å². The van der Waals surface area contributed by atoms with Crippen LogP contribution in [0.15, 0.2) is 72.8 Å². The van der Waals surface area contributed by atoms with Gasteiger partial charge in [-0.3, -0.25) is 4.79 Å². The van der Waals surface area contributed by atoms with Crippen molar-refractivity contribution < 1.29 is 9.53 Å². The fourth-order valence-electron chi connectivity index (χ4n) is 3.68. The molecular formula is C27H29N5O2. The van der Waals surface area contributed by atoms with Crippen LogP contribution in [-0.4, -0.2) is 59.9 Å². The molecule has 174 valence electrons. The van der Waals surface area contributed by atoms with Gasteiger partial charge in [0.05, 0.1) is 18.4 Å². The lowest BCUT2D eigenvalue weighted by Crippen LogP contribution is -2.31. The second kappa shape index (κ2) is 10.3. The van der Waals surface area contributed by atoms with Crippen molar-refractivity contribution in [2.24, 2.45) is 0 Å². The number of benzene rings is 3. The van der Waals surface area contributed by atoms with Gasteiger partial charge in [0, 0.05) is 24.2 Å². The van der Waals surface area contributed by atoms with Crippen molar-refractivity contribution in [3.63, 3.8) is 0 Å². The summed E-state index contributed by atoms with van der Waals surface area (Å²) in [7, 11) is 5.59. The number of nitrogens with zero attached hydrogens (tertiary/aromatic N) is 4. The Kier molecular flexibility index (Phi) is 7.04. The normalized spacial score (nSPS) is 11.0. The van der Waals surface area contributed by atoms with E-state index in [4.69, 9.17) is 14.8 Å². The predicted molar refractivity (Wildman–Crippen MR) is 134 cm³/mol. The van der Waals surface area contributed by atoms with Crippen LogP contribution in [-0.2, 0) is 0 Å². The number of aryl methyl sites for hydroxylation is 1. The molecule has 0 saturated heterocycles. The summed E-state index contributed by atoms with van der Waals surface area (Å²) in [5.74, 6) is 1.91. The molecular weight excluding hydrogens is 426 g/mol. The summed E-state index contributed by atoms with van der Waals surface area (Å²) in [4.78, 5) is 19.4. The second-order valence-electron chi connectivity index (χ2n) is 8.29. The van der Waals surface area contributed by atoms with Crippen LogP contribution >= 0.6 is 0 Å². The molecule has 0 unspecified atom stereocenters. The maximum Gasteiger partial charge on any atom is 0.251 e. The number of para-hydroxylation sites is 1. The number of likely N-dealkylation sites (N-methyl/N-ethyl adjacent to an activating group) is 1. The molecule has 0 radical (unpaired) electrons. The number of carbonyl (C=O) groups is 1. The summed E-state index contributed by atoms with van der Waals surface area (Å²) in [6, 6.07) is 23.2. The molecule has 7 nitrogen and oxygen atoms in total. The molecule has 0 aliphatic heterocycles. The summed E-state index contributed by atoms with van der Waals surface area (Å²) in [6.07, 6.45) is 0. The number of aromatic nitrogens is 3. The third-order valence-corrected chi connectivity index (χ3v) is 5.56. The monoisotopic (exact) mass is 455 g/mol. The third kappa shape index (κ3) is 5.00. The van der Waals surface area contributed by atoms with Crippen molar-refractivity contribution in [3.05, 3.63) is 83.9 Å². The van der Waals surface area contributed by atoms with Crippen LogP contribution < -0.4 is 10.1 Å². The van der Waals surface area contributed by atoms with Gasteiger partial charge < -0.3 is 15.0 Å². The number of ether oxygens (including phenoxy) is 1. The Labute approximate surface area is 200 Å². The molecule has 7 heteroatoms. The number of methoxy groups -OCH3 is 1. The molecule has 0 fully saturated rings. The van der Waals surface area contributed by atoms with E-state index in [1.54, 1.807) is 7.11 Å². The predicted octanol–water partition coefficient (Wildman–Crippen LogP) is 4.21. The minimum absolute atomic E-state index is 0.0965. The summed E-state index contributed by atoms with van der Waals surface area (Å²) < 4.78 is 7.35. The third-order valence-electron chi connectivity index (χ3n) is 5.56. The minimum atomic E-state index is -0.0965. The fraction of sp³-hybridized carbons (Fsp3) is 0.222. The Balaban J connectivity index is 1.73. The molecule has 4 aromatic rings. The van der Waals surface area contributed by atoms with E-state index >= 15 is 0 Å². The molecule has 3 aromatic carbocycles. The molecule has 1 aromatic heterocycles. The maximum absolute atomic E-state index is 12.5. The van der Waals surface area contributed by atoms with Crippen LogP contribution in [0, 0.1) is 6.92 Å². The van der Waals surface area contributed by atoms with Gasteiger partial charge in [0.2, 0.25) is 0 Å². The van der Waals surface area contributed by atoms with Crippen molar-refractivity contribution in [1.29, 1.82) is 0 Å². The Hall–Kier alpha value is -3.97. The molecule has 1 N–H and O–H groups in total. The van der Waals surface area contributed by atoms with Gasteiger partial charge in [-0.25, -0.2) is 9.67 Å². The highest BCUT2D eigenvalue weighted by molar-refractivity contribution is 5.94. The van der Waals surface area contributed by atoms with E-state index in [9.17, 15) is 4.79 Å². The van der Waals surface area contributed by atoms with Crippen molar-refractivity contribution in [2.75, 3.05) is 34.3 Å². The zero-order chi connectivity index (χ0) is 24.1. The molecule has 0 atom stereocenters. The number of hydrogen-bond donors (Lipinski definition) is 1. The van der Waals surface area contributed by atoms with Crippen molar-refractivity contribution in [1.82, 2.24) is 25.0 Å². The first kappa shape index (κ1) is 23.2. The van der Waals surface area contributed by atoms with Gasteiger partial charge >= 0.3 is 0 Å². The van der Waals surface area contributed by atoms with Gasteiger partial charge in [0.25, 0.3) is 5.91 Å². The number of carbonyl (C=O) groups excluding carboxylic acids is 1. The van der Waals surface area contributed by atoms with Crippen LogP contribution in [0.25, 0.3) is 28.5 Å². The van der Waals surface area contributed by atoms with Crippen LogP contribution in [0.5, 0.6) is 5.75 Å². The summed E-state index contributed by atoms with van der Waals surface area (Å²) in [5, 5.41) is 7.78. The number of amides is 1. The largest absolute Gasteiger partial charge is 0.496 e. The first-order valence-corrected chi connectivity index (χ1v) is 11.2. The first-order chi connectivity index (χ1) is 16.5. The van der Waals surface area contributed by atoms with Gasteiger partial charge in [0.1, 0.15) is 5.75 Å². The summed E-state index contributed by atoms with van der Waals surface area (Å²) in [5.41, 5.74) is 4.32. The quantitative estimate of drug-likeness (QED) is 0.431. The van der Waals surface area contributed by atoms with Crippen LogP contribution in [0.4, 0.5) is 0 Å². The van der Waals surface area contributed by atoms with Gasteiger partial charge in [-0.1, -0.05) is 36.4 Å². The molecule has 4 rings (SSSR count). The van der Waals surface area contributed by atoms with Gasteiger partial charge in [-0.05, 0) is 63.0 Å². The molecule has 0 aliphatic rings. The molecule has 0 spiro atoms. The first-order valence-electron chi connectivity index (χ1n) is 11.2. The zero-order valence-corrected chi connectivity index (χ0v) is 19.9. The molecule has 1 heterocycles. The van der Waals surface area contributed by atoms with E-state index in [0.717, 1.165) is 34.7 Å². The van der Waals surface area contributed by atoms with Gasteiger partial charge in [0.15, 0.2) is 11.6 Å². The molecule has 0 aliphatic carbocycles. The molecule has 0 bridgehead atoms. The van der Waals surface area contributed by atoms with E-state index < -0.39 is 0 Å². The standard InChI is InChI=1S/C27H29N5O2/c1-19-9-5-6-10-22(19)26-29-25(23-11-7-8-12-24(23)34-4)30-32(26)21-15-13-20(14-16-21)27(33)28-17-18-31(2)3/h5-16H,17-18H2,1-4H3,(H,28,33). The Bertz CT molecular complexity index is 1280. The van der Waals surface area contributed by atoms with Gasteiger partial charge in [-0.15, -0.1) is 5.10 Å². The second-order valence-corrected chi connectivity index (χ2v) is 8.29. The van der Waals surface area contributed by atoms with E-state index in [1.165, 1.54) is 0 Å². The molecule has 0 saturated carbocycles.